The zero-order valence-electron chi connectivity index (χ0n) is 23.7. The molecule has 0 radical (unpaired) electrons. The molecule has 2 fully saturated rings. The van der Waals surface area contributed by atoms with Crippen molar-refractivity contribution in [1.29, 1.82) is 0 Å². The Morgan fingerprint density at radius 3 is 2.46 bits per heavy atom. The predicted molar refractivity (Wildman–Crippen MR) is 151 cm³/mol. The van der Waals surface area contributed by atoms with Crippen molar-refractivity contribution in [1.82, 2.24) is 9.47 Å². The van der Waals surface area contributed by atoms with Crippen molar-refractivity contribution in [2.75, 3.05) is 0 Å². The lowest BCUT2D eigenvalue weighted by Crippen LogP contribution is -2.46. The quantitative estimate of drug-likeness (QED) is 0.258. The van der Waals surface area contributed by atoms with E-state index in [-0.39, 0.29) is 31.6 Å². The van der Waals surface area contributed by atoms with Crippen LogP contribution < -0.4 is 0 Å². The second-order valence-electron chi connectivity index (χ2n) is 11.8. The Morgan fingerprint density at radius 2 is 1.71 bits per heavy atom. The van der Waals surface area contributed by atoms with E-state index in [9.17, 15) is 19.2 Å². The van der Waals surface area contributed by atoms with E-state index < -0.39 is 35.6 Å². The van der Waals surface area contributed by atoms with Crippen molar-refractivity contribution in [3.05, 3.63) is 71.9 Å². The van der Waals surface area contributed by atoms with Gasteiger partial charge in [-0.05, 0) is 63.6 Å². The molecule has 0 spiro atoms. The zero-order chi connectivity index (χ0) is 29.1. The third-order valence-electron chi connectivity index (χ3n) is 7.54. The molecule has 3 atom stereocenters. The summed E-state index contributed by atoms with van der Waals surface area (Å²) in [4.78, 5) is 54.2. The molecule has 2 aliphatic rings. The predicted octanol–water partition coefficient (Wildman–Crippen LogP) is 6.01. The molecule has 5 rings (SSSR count). The maximum absolute atomic E-state index is 14.0. The lowest BCUT2D eigenvalue weighted by atomic mass is 9.90. The van der Waals surface area contributed by atoms with E-state index in [4.69, 9.17) is 14.2 Å². The SMILES string of the molecule is CC(C)(C)OC(=O)n1cc(C[C@@H](CC(=O)OCc2ccccc2)C(=O)N2C(=O)O[C@@H]3CCCC[C@H]32)c2ccccc21. The molecule has 1 aromatic heterocycles. The number of rotatable bonds is 7. The van der Waals surface area contributed by atoms with Gasteiger partial charge in [0.25, 0.3) is 0 Å². The molecule has 1 aliphatic heterocycles. The van der Waals surface area contributed by atoms with E-state index in [1.54, 1.807) is 33.0 Å². The van der Waals surface area contributed by atoms with Crippen LogP contribution in [0.4, 0.5) is 9.59 Å². The number of amides is 2. The van der Waals surface area contributed by atoms with E-state index in [1.807, 2.05) is 48.5 Å². The average molecular weight is 561 g/mol. The van der Waals surface area contributed by atoms with Gasteiger partial charge in [0, 0.05) is 11.6 Å². The number of carbonyl (C=O) groups excluding carboxylic acids is 4. The number of fused-ring (bicyclic) bond motifs is 2. The van der Waals surface area contributed by atoms with Crippen molar-refractivity contribution >= 4 is 35.0 Å². The van der Waals surface area contributed by atoms with Crippen LogP contribution in [0, 0.1) is 5.92 Å². The van der Waals surface area contributed by atoms with Crippen LogP contribution in [0.1, 0.15) is 64.0 Å². The van der Waals surface area contributed by atoms with E-state index in [0.717, 1.165) is 23.8 Å². The van der Waals surface area contributed by atoms with Gasteiger partial charge in [-0.2, -0.15) is 0 Å². The van der Waals surface area contributed by atoms with Crippen molar-refractivity contribution in [3.63, 3.8) is 0 Å². The summed E-state index contributed by atoms with van der Waals surface area (Å²) in [7, 11) is 0. The maximum Gasteiger partial charge on any atom is 0.419 e. The first-order valence-electron chi connectivity index (χ1n) is 14.2. The number of esters is 1. The number of aromatic nitrogens is 1. The van der Waals surface area contributed by atoms with Gasteiger partial charge in [-0.1, -0.05) is 55.0 Å². The number of nitrogens with zero attached hydrogens (tertiary/aromatic N) is 2. The molecule has 9 nitrogen and oxygen atoms in total. The van der Waals surface area contributed by atoms with Crippen LogP contribution >= 0.6 is 0 Å². The summed E-state index contributed by atoms with van der Waals surface area (Å²) >= 11 is 0. The molecule has 1 saturated heterocycles. The number of para-hydroxylation sites is 1. The number of carbonyl (C=O) groups is 4. The van der Waals surface area contributed by atoms with Gasteiger partial charge in [0.05, 0.1) is 23.9 Å². The number of ether oxygens (including phenoxy) is 3. The van der Waals surface area contributed by atoms with Gasteiger partial charge in [0.1, 0.15) is 18.3 Å². The molecule has 0 bridgehead atoms. The van der Waals surface area contributed by atoms with Crippen molar-refractivity contribution in [3.8, 4) is 0 Å². The molecule has 9 heteroatoms. The van der Waals surface area contributed by atoms with E-state index in [0.29, 0.717) is 23.9 Å². The first-order valence-corrected chi connectivity index (χ1v) is 14.2. The fourth-order valence-electron chi connectivity index (χ4n) is 5.67. The summed E-state index contributed by atoms with van der Waals surface area (Å²) < 4.78 is 18.1. The van der Waals surface area contributed by atoms with Gasteiger partial charge < -0.3 is 14.2 Å². The topological polar surface area (TPSA) is 104 Å². The van der Waals surface area contributed by atoms with Crippen LogP contribution in [0.2, 0.25) is 0 Å². The number of imide groups is 1. The largest absolute Gasteiger partial charge is 0.461 e. The molecule has 1 aliphatic carbocycles. The highest BCUT2D eigenvalue weighted by atomic mass is 16.6. The highest BCUT2D eigenvalue weighted by molar-refractivity contribution is 5.97. The molecule has 2 aromatic carbocycles. The second kappa shape index (κ2) is 11.8. The van der Waals surface area contributed by atoms with Crippen LogP contribution in [0.3, 0.4) is 0 Å². The van der Waals surface area contributed by atoms with Crippen molar-refractivity contribution < 1.29 is 33.4 Å². The molecule has 216 valence electrons. The lowest BCUT2D eigenvalue weighted by molar-refractivity contribution is -0.149. The number of benzene rings is 2. The van der Waals surface area contributed by atoms with E-state index in [2.05, 4.69) is 0 Å². The summed E-state index contributed by atoms with van der Waals surface area (Å²) in [6, 6.07) is 16.3. The van der Waals surface area contributed by atoms with Gasteiger partial charge in [-0.3, -0.25) is 14.2 Å². The Hall–Kier alpha value is -4.14. The molecule has 0 unspecified atom stereocenters. The summed E-state index contributed by atoms with van der Waals surface area (Å²) in [6.45, 7) is 5.46. The molecule has 41 heavy (non-hydrogen) atoms. The molecule has 1 saturated carbocycles. The molecular weight excluding hydrogens is 524 g/mol. The minimum Gasteiger partial charge on any atom is -0.461 e. The van der Waals surface area contributed by atoms with Gasteiger partial charge in [0.2, 0.25) is 5.91 Å². The van der Waals surface area contributed by atoms with Crippen LogP contribution in [-0.2, 0) is 36.8 Å². The molecular formula is C32H36N2O7. The summed E-state index contributed by atoms with van der Waals surface area (Å²) in [5.74, 6) is -1.91. The fraction of sp³-hybridized carbons (Fsp3) is 0.438. The van der Waals surface area contributed by atoms with Crippen LogP contribution in [0.15, 0.2) is 60.8 Å². The third-order valence-corrected chi connectivity index (χ3v) is 7.54. The summed E-state index contributed by atoms with van der Waals surface area (Å²) in [6.07, 6.45) is 3.25. The second-order valence-corrected chi connectivity index (χ2v) is 11.8. The van der Waals surface area contributed by atoms with Gasteiger partial charge in [-0.25, -0.2) is 14.5 Å². The Bertz CT molecular complexity index is 1440. The van der Waals surface area contributed by atoms with Crippen molar-refractivity contribution in [2.24, 2.45) is 5.92 Å². The Balaban J connectivity index is 1.43. The molecule has 2 heterocycles. The molecule has 2 amide bonds. The van der Waals surface area contributed by atoms with Crippen LogP contribution in [0.5, 0.6) is 0 Å². The highest BCUT2D eigenvalue weighted by Gasteiger charge is 2.48. The van der Waals surface area contributed by atoms with Gasteiger partial charge >= 0.3 is 18.2 Å². The maximum atomic E-state index is 14.0. The molecule has 3 aromatic rings. The van der Waals surface area contributed by atoms with Gasteiger partial charge in [-0.15, -0.1) is 0 Å². The van der Waals surface area contributed by atoms with Crippen LogP contribution in [-0.4, -0.2) is 51.3 Å². The first-order chi connectivity index (χ1) is 19.6. The van der Waals surface area contributed by atoms with Gasteiger partial charge in [0.15, 0.2) is 0 Å². The summed E-state index contributed by atoms with van der Waals surface area (Å²) in [5, 5.41) is 0.758. The normalized spacial score (nSPS) is 19.4. The Labute approximate surface area is 239 Å². The molecule has 0 N–H and O–H groups in total. The Kier molecular flexibility index (Phi) is 8.15. The van der Waals surface area contributed by atoms with Crippen LogP contribution in [0.25, 0.3) is 10.9 Å². The third kappa shape index (κ3) is 6.45. The average Bonchev–Trinajstić information content (AvgIpc) is 3.48. The fourth-order valence-corrected chi connectivity index (χ4v) is 5.67. The minimum atomic E-state index is -0.899. The summed E-state index contributed by atoms with van der Waals surface area (Å²) in [5.41, 5.74) is 1.45. The lowest BCUT2D eigenvalue weighted by Gasteiger charge is -2.29. The zero-order valence-corrected chi connectivity index (χ0v) is 23.7. The minimum absolute atomic E-state index is 0.0784. The highest BCUT2D eigenvalue weighted by Crippen LogP contribution is 2.34. The monoisotopic (exact) mass is 560 g/mol. The van der Waals surface area contributed by atoms with E-state index >= 15 is 0 Å². The smallest absolute Gasteiger partial charge is 0.419 e. The van der Waals surface area contributed by atoms with Crippen molar-refractivity contribution in [2.45, 2.75) is 83.6 Å². The first kappa shape index (κ1) is 28.4. The standard InChI is InChI=1S/C32H36N2O7/c1-32(2,3)41-30(37)33-19-23(24-13-7-8-14-25(24)33)17-22(18-28(35)39-20-21-11-5-4-6-12-21)29(36)34-26-15-9-10-16-27(26)40-31(34)38/h4-8,11-14,19,22,26-27H,9-10,15-18,20H2,1-3H3/t22-,26+,27+/m0/s1. The Morgan fingerprint density at radius 1 is 1.00 bits per heavy atom. The number of hydrogen-bond donors (Lipinski definition) is 0. The number of hydrogen-bond acceptors (Lipinski definition) is 7. The van der Waals surface area contributed by atoms with E-state index in [1.165, 1.54) is 9.47 Å².